The van der Waals surface area contributed by atoms with E-state index in [4.69, 9.17) is 12.2 Å². The second kappa shape index (κ2) is 5.39. The smallest absolute Gasteiger partial charge is 0.261 e. The van der Waals surface area contributed by atoms with Gasteiger partial charge in [0.05, 0.1) is 0 Å². The molecule has 5 heteroatoms. The van der Waals surface area contributed by atoms with Gasteiger partial charge in [-0.3, -0.25) is 4.79 Å². The first-order valence-corrected chi connectivity index (χ1v) is 7.82. The summed E-state index contributed by atoms with van der Waals surface area (Å²) in [6, 6.07) is 7.80. The van der Waals surface area contributed by atoms with E-state index in [1.54, 1.807) is 0 Å². The zero-order valence-corrected chi connectivity index (χ0v) is 13.9. The van der Waals surface area contributed by atoms with Crippen molar-refractivity contribution in [2.45, 2.75) is 12.0 Å². The number of allylic oxidation sites excluding steroid dienone is 2. The number of hydrogen-bond donors (Lipinski definition) is 1. The lowest BCUT2D eigenvalue weighted by Crippen LogP contribution is -2.46. The quantitative estimate of drug-likeness (QED) is 0.821. The third-order valence-corrected chi connectivity index (χ3v) is 4.75. The van der Waals surface area contributed by atoms with Gasteiger partial charge in [-0.1, -0.05) is 46.3 Å². The highest BCUT2D eigenvalue weighted by Crippen LogP contribution is 2.41. The van der Waals surface area contributed by atoms with Crippen molar-refractivity contribution in [3.05, 3.63) is 64.5 Å². The maximum atomic E-state index is 12.8. The topological polar surface area (TPSA) is 32.3 Å². The maximum Gasteiger partial charge on any atom is 0.261 e. The van der Waals surface area contributed by atoms with Crippen LogP contribution in [0.15, 0.2) is 52.5 Å². The number of amides is 1. The Morgan fingerprint density at radius 1 is 1.43 bits per heavy atom. The van der Waals surface area contributed by atoms with Gasteiger partial charge < -0.3 is 10.2 Å². The molecule has 1 N–H and O–H groups in total. The highest BCUT2D eigenvalue weighted by Gasteiger charge is 2.52. The monoisotopic (exact) mass is 361 g/mol. The van der Waals surface area contributed by atoms with Crippen LogP contribution < -0.4 is 5.32 Å². The van der Waals surface area contributed by atoms with Crippen LogP contribution in [0.3, 0.4) is 0 Å². The second-order valence-electron chi connectivity index (χ2n) is 5.03. The van der Waals surface area contributed by atoms with Crippen LogP contribution in [0.25, 0.3) is 0 Å². The Kier molecular flexibility index (Phi) is 3.71. The average Bonchev–Trinajstić information content (AvgIpc) is 2.71. The summed E-state index contributed by atoms with van der Waals surface area (Å²) in [7, 11) is 1.85. The molecule has 1 aliphatic heterocycles. The summed E-state index contributed by atoms with van der Waals surface area (Å²) in [4.78, 5) is 14.6. The lowest BCUT2D eigenvalue weighted by Gasteiger charge is -2.36. The molecule has 0 aromatic heterocycles. The minimum absolute atomic E-state index is 0.112. The number of likely N-dealkylation sites (N-methyl/N-ethyl adjacent to an activating group) is 1. The molecule has 1 aromatic carbocycles. The maximum absolute atomic E-state index is 12.8. The summed E-state index contributed by atoms with van der Waals surface area (Å²) in [5.74, 6) is -0.112. The lowest BCUT2D eigenvalue weighted by molar-refractivity contribution is -0.124. The van der Waals surface area contributed by atoms with Gasteiger partial charge in [0, 0.05) is 11.5 Å². The zero-order valence-electron chi connectivity index (χ0n) is 11.5. The van der Waals surface area contributed by atoms with Gasteiger partial charge >= 0.3 is 0 Å². The fourth-order valence-corrected chi connectivity index (χ4v) is 3.50. The molecule has 0 saturated carbocycles. The molecule has 3 rings (SSSR count). The Balaban J connectivity index is 2.25. The van der Waals surface area contributed by atoms with Crippen LogP contribution in [0.5, 0.6) is 0 Å². The highest BCUT2D eigenvalue weighted by molar-refractivity contribution is 9.10. The number of thiocarbonyl (C=S) groups is 1. The summed E-state index contributed by atoms with van der Waals surface area (Å²) in [5.41, 5.74) is 0.906. The predicted octanol–water partition coefficient (Wildman–Crippen LogP) is 3.08. The average molecular weight is 362 g/mol. The molecule has 107 valence electrons. The second-order valence-corrected chi connectivity index (χ2v) is 6.34. The van der Waals surface area contributed by atoms with E-state index < -0.39 is 5.54 Å². The van der Waals surface area contributed by atoms with Gasteiger partial charge in [-0.15, -0.1) is 0 Å². The number of rotatable bonds is 2. The van der Waals surface area contributed by atoms with Gasteiger partial charge in [0.2, 0.25) is 0 Å². The number of carbonyl (C=O) groups excluding carboxylic acids is 1. The van der Waals surface area contributed by atoms with Crippen molar-refractivity contribution in [3.63, 3.8) is 0 Å². The van der Waals surface area contributed by atoms with Crippen molar-refractivity contribution in [1.82, 2.24) is 10.2 Å². The molecule has 0 bridgehead atoms. The van der Waals surface area contributed by atoms with Crippen LogP contribution in [0.1, 0.15) is 12.0 Å². The molecule has 21 heavy (non-hydrogen) atoms. The number of nitrogens with one attached hydrogen (secondary N) is 1. The molecular formula is C16H14BrN2OS. The van der Waals surface area contributed by atoms with E-state index in [1.807, 2.05) is 48.4 Å². The fourth-order valence-electron chi connectivity index (χ4n) is 2.87. The standard InChI is InChI=1S/C16H14BrN2OS/c1-19-15(21)18-14(20)16(19,11-6-3-2-4-7-11)12-8-5-9-13(17)10-12/h3-10H,2H2,1H3,(H,18,20,21). The molecule has 1 heterocycles. The lowest BCUT2D eigenvalue weighted by atomic mass is 9.79. The number of hydrogen-bond acceptors (Lipinski definition) is 2. The summed E-state index contributed by atoms with van der Waals surface area (Å²) in [5, 5.41) is 3.23. The number of halogens is 1. The molecule has 1 aliphatic carbocycles. The van der Waals surface area contributed by atoms with E-state index in [1.165, 1.54) is 0 Å². The normalized spacial score (nSPS) is 25.0. The van der Waals surface area contributed by atoms with Crippen LogP contribution in [-0.2, 0) is 10.3 Å². The third kappa shape index (κ3) is 2.15. The molecule has 0 spiro atoms. The number of nitrogens with zero attached hydrogens (tertiary/aromatic N) is 1. The Bertz CT molecular complexity index is 683. The van der Waals surface area contributed by atoms with Crippen LogP contribution in [0, 0.1) is 6.42 Å². The molecule has 3 nitrogen and oxygen atoms in total. The van der Waals surface area contributed by atoms with Gasteiger partial charge in [0.15, 0.2) is 10.7 Å². The van der Waals surface area contributed by atoms with Crippen molar-refractivity contribution < 1.29 is 4.79 Å². The Labute approximate surface area is 137 Å². The SMILES string of the molecule is CN1C(=S)NC(=O)C1(C1=C[CH]CC=C1)c1cccc(Br)c1. The number of carbonyl (C=O) groups is 1. The largest absolute Gasteiger partial charge is 0.330 e. The van der Waals surface area contributed by atoms with Gasteiger partial charge in [0.1, 0.15) is 0 Å². The first-order chi connectivity index (χ1) is 10.1. The zero-order chi connectivity index (χ0) is 15.0. The minimum Gasteiger partial charge on any atom is -0.330 e. The Morgan fingerprint density at radius 2 is 2.24 bits per heavy atom. The summed E-state index contributed by atoms with van der Waals surface area (Å²) < 4.78 is 0.933. The molecule has 2 aliphatic rings. The van der Waals surface area contributed by atoms with E-state index in [-0.39, 0.29) is 5.91 Å². The van der Waals surface area contributed by atoms with Crippen molar-refractivity contribution in [2.24, 2.45) is 0 Å². The van der Waals surface area contributed by atoms with Crippen molar-refractivity contribution in [3.8, 4) is 0 Å². The van der Waals surface area contributed by atoms with Crippen LogP contribution >= 0.6 is 28.1 Å². The molecule has 1 fully saturated rings. The molecule has 1 radical (unpaired) electrons. The Morgan fingerprint density at radius 3 is 2.81 bits per heavy atom. The highest BCUT2D eigenvalue weighted by atomic mass is 79.9. The molecule has 1 saturated heterocycles. The van der Waals surface area contributed by atoms with Crippen LogP contribution in [0.4, 0.5) is 0 Å². The van der Waals surface area contributed by atoms with E-state index >= 15 is 0 Å². The first-order valence-electron chi connectivity index (χ1n) is 6.62. The molecule has 1 atom stereocenters. The van der Waals surface area contributed by atoms with Crippen LogP contribution in [0.2, 0.25) is 0 Å². The molecule has 1 aromatic rings. The van der Waals surface area contributed by atoms with E-state index in [2.05, 4.69) is 33.7 Å². The van der Waals surface area contributed by atoms with Gasteiger partial charge in [-0.2, -0.15) is 0 Å². The third-order valence-electron chi connectivity index (χ3n) is 3.88. The number of benzene rings is 1. The first kappa shape index (κ1) is 14.5. The van der Waals surface area contributed by atoms with E-state index in [0.717, 1.165) is 22.0 Å². The molecule has 1 unspecified atom stereocenters. The Hall–Kier alpha value is -1.46. The van der Waals surface area contributed by atoms with Gasteiger partial charge in [-0.25, -0.2) is 0 Å². The summed E-state index contributed by atoms with van der Waals surface area (Å²) in [6.07, 6.45) is 9.00. The van der Waals surface area contributed by atoms with E-state index in [0.29, 0.717) is 5.11 Å². The summed E-state index contributed by atoms with van der Waals surface area (Å²) in [6.45, 7) is 0. The fraction of sp³-hybridized carbons (Fsp3) is 0.188. The van der Waals surface area contributed by atoms with Crippen molar-refractivity contribution in [1.29, 1.82) is 0 Å². The van der Waals surface area contributed by atoms with Gasteiger partial charge in [0.25, 0.3) is 5.91 Å². The van der Waals surface area contributed by atoms with Crippen molar-refractivity contribution >= 4 is 39.2 Å². The van der Waals surface area contributed by atoms with Crippen LogP contribution in [-0.4, -0.2) is 23.0 Å². The van der Waals surface area contributed by atoms with E-state index in [9.17, 15) is 4.79 Å². The van der Waals surface area contributed by atoms with Gasteiger partial charge in [-0.05, 0) is 48.3 Å². The predicted molar refractivity (Wildman–Crippen MR) is 90.5 cm³/mol. The molecule has 1 amide bonds. The molecular weight excluding hydrogens is 348 g/mol. The summed E-state index contributed by atoms with van der Waals surface area (Å²) >= 11 is 8.77. The minimum atomic E-state index is -0.908. The van der Waals surface area contributed by atoms with Crippen molar-refractivity contribution in [2.75, 3.05) is 7.05 Å².